The highest BCUT2D eigenvalue weighted by Gasteiger charge is 2.29. The molecule has 4 heteroatoms. The molecule has 1 aromatic rings. The number of carboxylic acids is 1. The fourth-order valence-electron chi connectivity index (χ4n) is 2.05. The molecule has 2 rings (SSSR count). The zero-order valence-corrected chi connectivity index (χ0v) is 10.0. The normalized spacial score (nSPS) is 14.6. The summed E-state index contributed by atoms with van der Waals surface area (Å²) in [6, 6.07) is 5.47. The molecule has 0 bridgehead atoms. The van der Waals surface area contributed by atoms with Crippen LogP contribution < -0.4 is 10.6 Å². The molecule has 0 heterocycles. The number of hydrogen-bond donors (Lipinski definition) is 2. The minimum atomic E-state index is -0.904. The Morgan fingerprint density at radius 1 is 1.53 bits per heavy atom. The Bertz CT molecular complexity index is 427. The molecule has 0 aromatic heterocycles. The second kappa shape index (κ2) is 4.65. The number of nitrogens with zero attached hydrogens (tertiary/aromatic N) is 1. The third-order valence-corrected chi connectivity index (χ3v) is 3.04. The van der Waals surface area contributed by atoms with E-state index in [1.54, 1.807) is 18.2 Å². The standard InChI is InChI=1S/C13H18N2O2/c1-2-7-15(10-4-5-10)12-8-9(13(16)17)3-6-11(12)14/h3,6,8,10H,2,4-5,7,14H2,1H3,(H,16,17). The van der Waals surface area contributed by atoms with E-state index in [2.05, 4.69) is 11.8 Å². The molecule has 3 N–H and O–H groups in total. The molecule has 0 saturated heterocycles. The first-order valence-electron chi connectivity index (χ1n) is 6.03. The number of anilines is 2. The summed E-state index contributed by atoms with van der Waals surface area (Å²) in [5.41, 5.74) is 7.79. The van der Waals surface area contributed by atoms with Crippen molar-refractivity contribution < 1.29 is 9.90 Å². The fourth-order valence-corrected chi connectivity index (χ4v) is 2.05. The van der Waals surface area contributed by atoms with Crippen LogP contribution in [0.25, 0.3) is 0 Å². The molecule has 0 amide bonds. The van der Waals surface area contributed by atoms with E-state index in [4.69, 9.17) is 10.8 Å². The van der Waals surface area contributed by atoms with Crippen molar-refractivity contribution in [3.63, 3.8) is 0 Å². The summed E-state index contributed by atoms with van der Waals surface area (Å²) in [6.07, 6.45) is 3.39. The summed E-state index contributed by atoms with van der Waals surface area (Å²) in [5, 5.41) is 9.01. The quantitative estimate of drug-likeness (QED) is 0.767. The molecule has 1 aromatic carbocycles. The first-order chi connectivity index (χ1) is 8.13. The zero-order chi connectivity index (χ0) is 12.4. The van der Waals surface area contributed by atoms with Crippen LogP contribution >= 0.6 is 0 Å². The summed E-state index contributed by atoms with van der Waals surface area (Å²) in [7, 11) is 0. The maximum atomic E-state index is 11.0. The number of hydrogen-bond acceptors (Lipinski definition) is 3. The molecule has 1 aliphatic rings. The first-order valence-corrected chi connectivity index (χ1v) is 6.03. The van der Waals surface area contributed by atoms with Gasteiger partial charge in [-0.2, -0.15) is 0 Å². The molecule has 0 atom stereocenters. The Labute approximate surface area is 101 Å². The molecule has 4 nitrogen and oxygen atoms in total. The molecule has 1 fully saturated rings. The van der Waals surface area contributed by atoms with Gasteiger partial charge in [-0.1, -0.05) is 6.92 Å². The molecule has 0 unspecified atom stereocenters. The van der Waals surface area contributed by atoms with Gasteiger partial charge in [0.05, 0.1) is 16.9 Å². The highest BCUT2D eigenvalue weighted by atomic mass is 16.4. The Morgan fingerprint density at radius 3 is 2.76 bits per heavy atom. The van der Waals surface area contributed by atoms with Crippen molar-refractivity contribution in [1.29, 1.82) is 0 Å². The van der Waals surface area contributed by atoms with Gasteiger partial charge in [0.1, 0.15) is 0 Å². The summed E-state index contributed by atoms with van der Waals surface area (Å²) in [5.74, 6) is -0.904. The first kappa shape index (κ1) is 11.8. The lowest BCUT2D eigenvalue weighted by Crippen LogP contribution is -2.27. The molecule has 1 aliphatic carbocycles. The number of rotatable bonds is 5. The second-order valence-corrected chi connectivity index (χ2v) is 4.50. The maximum Gasteiger partial charge on any atom is 0.335 e. The average Bonchev–Trinajstić information content (AvgIpc) is 3.10. The van der Waals surface area contributed by atoms with Crippen LogP contribution in [0.3, 0.4) is 0 Å². The van der Waals surface area contributed by atoms with Crippen LogP contribution in [0.1, 0.15) is 36.5 Å². The summed E-state index contributed by atoms with van der Waals surface area (Å²) >= 11 is 0. The van der Waals surface area contributed by atoms with E-state index in [0.29, 0.717) is 17.3 Å². The Morgan fingerprint density at radius 2 is 2.24 bits per heavy atom. The molecular weight excluding hydrogens is 216 g/mol. The molecule has 17 heavy (non-hydrogen) atoms. The molecule has 0 spiro atoms. The number of nitrogens with two attached hydrogens (primary N) is 1. The molecule has 1 saturated carbocycles. The monoisotopic (exact) mass is 234 g/mol. The van der Waals surface area contributed by atoms with Gasteiger partial charge in [0, 0.05) is 12.6 Å². The van der Waals surface area contributed by atoms with Crippen LogP contribution in [0.2, 0.25) is 0 Å². The van der Waals surface area contributed by atoms with E-state index < -0.39 is 5.97 Å². The predicted octanol–water partition coefficient (Wildman–Crippen LogP) is 2.35. The van der Waals surface area contributed by atoms with Gasteiger partial charge in [-0.25, -0.2) is 4.79 Å². The summed E-state index contributed by atoms with van der Waals surface area (Å²) < 4.78 is 0. The van der Waals surface area contributed by atoms with Crippen LogP contribution in [0.15, 0.2) is 18.2 Å². The van der Waals surface area contributed by atoms with Crippen LogP contribution in [-0.4, -0.2) is 23.7 Å². The smallest absolute Gasteiger partial charge is 0.335 e. The Hall–Kier alpha value is -1.71. The van der Waals surface area contributed by atoms with Crippen LogP contribution in [-0.2, 0) is 0 Å². The maximum absolute atomic E-state index is 11.0. The van der Waals surface area contributed by atoms with E-state index in [1.165, 1.54) is 12.8 Å². The lowest BCUT2D eigenvalue weighted by molar-refractivity contribution is 0.0697. The van der Waals surface area contributed by atoms with Crippen molar-refractivity contribution in [2.24, 2.45) is 0 Å². The van der Waals surface area contributed by atoms with Gasteiger partial charge in [0.2, 0.25) is 0 Å². The molecule has 92 valence electrons. The number of nitrogen functional groups attached to an aromatic ring is 1. The molecule has 0 radical (unpaired) electrons. The third kappa shape index (κ3) is 2.52. The minimum Gasteiger partial charge on any atom is -0.478 e. The number of carboxylic acid groups (broad SMARTS) is 1. The van der Waals surface area contributed by atoms with Crippen molar-refractivity contribution in [1.82, 2.24) is 0 Å². The van der Waals surface area contributed by atoms with Crippen molar-refractivity contribution in [2.45, 2.75) is 32.2 Å². The fraction of sp³-hybridized carbons (Fsp3) is 0.462. The van der Waals surface area contributed by atoms with Crippen molar-refractivity contribution >= 4 is 17.3 Å². The van der Waals surface area contributed by atoms with Crippen LogP contribution in [0, 0.1) is 0 Å². The lowest BCUT2D eigenvalue weighted by Gasteiger charge is -2.25. The van der Waals surface area contributed by atoms with Crippen molar-refractivity contribution in [2.75, 3.05) is 17.2 Å². The summed E-state index contributed by atoms with van der Waals surface area (Å²) in [4.78, 5) is 13.2. The van der Waals surface area contributed by atoms with Crippen LogP contribution in [0.4, 0.5) is 11.4 Å². The van der Waals surface area contributed by atoms with E-state index in [9.17, 15) is 4.79 Å². The average molecular weight is 234 g/mol. The zero-order valence-electron chi connectivity index (χ0n) is 10.0. The SMILES string of the molecule is CCCN(c1cc(C(=O)O)ccc1N)C1CC1. The van der Waals surface area contributed by atoms with E-state index in [0.717, 1.165) is 18.7 Å². The Kier molecular flexibility index (Phi) is 3.22. The van der Waals surface area contributed by atoms with Crippen molar-refractivity contribution in [3.8, 4) is 0 Å². The minimum absolute atomic E-state index is 0.302. The predicted molar refractivity (Wildman–Crippen MR) is 68.5 cm³/mol. The van der Waals surface area contributed by atoms with E-state index >= 15 is 0 Å². The molecular formula is C13H18N2O2. The Balaban J connectivity index is 2.33. The number of benzene rings is 1. The molecule has 0 aliphatic heterocycles. The van der Waals surface area contributed by atoms with E-state index in [-0.39, 0.29) is 0 Å². The summed E-state index contributed by atoms with van der Waals surface area (Å²) in [6.45, 7) is 3.05. The van der Waals surface area contributed by atoms with Gasteiger partial charge in [-0.05, 0) is 37.5 Å². The van der Waals surface area contributed by atoms with Gasteiger partial charge in [-0.15, -0.1) is 0 Å². The number of carbonyl (C=O) groups is 1. The highest BCUT2D eigenvalue weighted by molar-refractivity contribution is 5.90. The van der Waals surface area contributed by atoms with Gasteiger partial charge >= 0.3 is 5.97 Å². The van der Waals surface area contributed by atoms with Gasteiger partial charge in [-0.3, -0.25) is 0 Å². The highest BCUT2D eigenvalue weighted by Crippen LogP contribution is 2.35. The largest absolute Gasteiger partial charge is 0.478 e. The number of aromatic carboxylic acids is 1. The lowest BCUT2D eigenvalue weighted by atomic mass is 10.1. The third-order valence-electron chi connectivity index (χ3n) is 3.04. The van der Waals surface area contributed by atoms with Gasteiger partial charge in [0.25, 0.3) is 0 Å². The van der Waals surface area contributed by atoms with E-state index in [1.807, 2.05) is 0 Å². The van der Waals surface area contributed by atoms with Gasteiger partial charge < -0.3 is 15.7 Å². The van der Waals surface area contributed by atoms with Gasteiger partial charge in [0.15, 0.2) is 0 Å². The second-order valence-electron chi connectivity index (χ2n) is 4.50. The van der Waals surface area contributed by atoms with Crippen molar-refractivity contribution in [3.05, 3.63) is 23.8 Å². The topological polar surface area (TPSA) is 66.6 Å². The van der Waals surface area contributed by atoms with Crippen LogP contribution in [0.5, 0.6) is 0 Å².